The molecule has 0 aliphatic carbocycles. The molecule has 2 heterocycles. The van der Waals surface area contributed by atoms with Crippen LogP contribution in [-0.2, 0) is 14.4 Å². The Hall–Kier alpha value is -1.59. The molecule has 2 saturated heterocycles. The van der Waals surface area contributed by atoms with Crippen molar-refractivity contribution in [3.05, 3.63) is 0 Å². The summed E-state index contributed by atoms with van der Waals surface area (Å²) in [5, 5.41) is 9.67. The van der Waals surface area contributed by atoms with Gasteiger partial charge in [0.25, 0.3) is 0 Å². The second-order valence-electron chi connectivity index (χ2n) is 5.30. The fraction of sp³-hybridized carbons (Fsp3) is 0.769. The van der Waals surface area contributed by atoms with Crippen molar-refractivity contribution in [2.75, 3.05) is 13.1 Å². The monoisotopic (exact) mass is 268 g/mol. The third-order valence-corrected chi connectivity index (χ3v) is 4.27. The molecule has 2 fully saturated rings. The smallest absolute Gasteiger partial charge is 0.332 e. The highest BCUT2D eigenvalue weighted by atomic mass is 16.4. The molecule has 2 atom stereocenters. The van der Waals surface area contributed by atoms with E-state index in [0.717, 1.165) is 12.8 Å². The van der Waals surface area contributed by atoms with E-state index in [1.165, 1.54) is 4.90 Å². The van der Waals surface area contributed by atoms with Crippen molar-refractivity contribution in [1.29, 1.82) is 0 Å². The minimum Gasteiger partial charge on any atom is -0.479 e. The summed E-state index contributed by atoms with van der Waals surface area (Å²) in [7, 11) is 0. The van der Waals surface area contributed by atoms with E-state index in [2.05, 4.69) is 0 Å². The van der Waals surface area contributed by atoms with Crippen LogP contribution in [0.4, 0.5) is 0 Å². The molecule has 0 saturated carbocycles. The second kappa shape index (κ2) is 5.19. The zero-order chi connectivity index (χ0) is 14.0. The van der Waals surface area contributed by atoms with Crippen LogP contribution in [0.15, 0.2) is 0 Å². The second-order valence-corrected chi connectivity index (χ2v) is 5.30. The van der Waals surface area contributed by atoms with Crippen LogP contribution in [0.1, 0.15) is 39.0 Å². The van der Waals surface area contributed by atoms with E-state index in [4.69, 9.17) is 0 Å². The summed E-state index contributed by atoms with van der Waals surface area (Å²) < 4.78 is 0. The minimum absolute atomic E-state index is 0.0915. The Balaban J connectivity index is 2.41. The Morgan fingerprint density at radius 3 is 2.89 bits per heavy atom. The van der Waals surface area contributed by atoms with Crippen molar-refractivity contribution in [1.82, 2.24) is 9.80 Å². The molecule has 0 aromatic rings. The molecule has 2 amide bonds. The van der Waals surface area contributed by atoms with Crippen molar-refractivity contribution in [2.24, 2.45) is 0 Å². The van der Waals surface area contributed by atoms with Crippen LogP contribution in [0.5, 0.6) is 0 Å². The van der Waals surface area contributed by atoms with Gasteiger partial charge in [0.1, 0.15) is 0 Å². The van der Waals surface area contributed by atoms with Crippen molar-refractivity contribution in [3.8, 4) is 0 Å². The Bertz CT molecular complexity index is 398. The van der Waals surface area contributed by atoms with Gasteiger partial charge in [-0.15, -0.1) is 0 Å². The average Bonchev–Trinajstić information content (AvgIpc) is 2.71. The first-order valence-corrected chi connectivity index (χ1v) is 6.82. The Morgan fingerprint density at radius 2 is 2.32 bits per heavy atom. The molecule has 2 aliphatic heterocycles. The quantitative estimate of drug-likeness (QED) is 0.735. The van der Waals surface area contributed by atoms with Gasteiger partial charge >= 0.3 is 5.97 Å². The molecule has 1 N–H and O–H groups in total. The summed E-state index contributed by atoms with van der Waals surface area (Å²) in [4.78, 5) is 38.2. The average molecular weight is 268 g/mol. The van der Waals surface area contributed by atoms with Gasteiger partial charge in [-0.3, -0.25) is 9.59 Å². The topological polar surface area (TPSA) is 77.9 Å². The molecule has 6 nitrogen and oxygen atoms in total. The number of aliphatic carboxylic acids is 1. The molecule has 0 aromatic carbocycles. The fourth-order valence-electron chi connectivity index (χ4n) is 3.40. The van der Waals surface area contributed by atoms with Gasteiger partial charge in [-0.1, -0.05) is 6.92 Å². The maximum absolute atomic E-state index is 12.1. The summed E-state index contributed by atoms with van der Waals surface area (Å²) in [5.41, 5.74) is -1.37. The number of hydrogen-bond donors (Lipinski definition) is 1. The molecular weight excluding hydrogens is 248 g/mol. The SMILES string of the molecule is CCCN(C=O)C1(C(=O)O)CC(=O)N2CCCCC21. The number of carboxylic acid groups (broad SMARTS) is 1. The summed E-state index contributed by atoms with van der Waals surface area (Å²) >= 11 is 0. The zero-order valence-electron chi connectivity index (χ0n) is 11.2. The fourth-order valence-corrected chi connectivity index (χ4v) is 3.40. The first-order chi connectivity index (χ1) is 9.07. The summed E-state index contributed by atoms with van der Waals surface area (Å²) in [5.74, 6) is -1.20. The number of hydrogen-bond acceptors (Lipinski definition) is 3. The molecular formula is C13H20N2O4. The number of amides is 2. The van der Waals surface area contributed by atoms with E-state index in [1.807, 2.05) is 6.92 Å². The van der Waals surface area contributed by atoms with Gasteiger partial charge in [-0.25, -0.2) is 4.79 Å². The van der Waals surface area contributed by atoms with Crippen LogP contribution in [0.25, 0.3) is 0 Å². The van der Waals surface area contributed by atoms with Crippen molar-refractivity contribution in [2.45, 2.75) is 50.6 Å². The van der Waals surface area contributed by atoms with Crippen molar-refractivity contribution < 1.29 is 19.5 Å². The highest BCUT2D eigenvalue weighted by molar-refractivity contribution is 5.94. The highest BCUT2D eigenvalue weighted by Crippen LogP contribution is 2.40. The van der Waals surface area contributed by atoms with Crippen LogP contribution in [-0.4, -0.2) is 57.9 Å². The van der Waals surface area contributed by atoms with Gasteiger partial charge < -0.3 is 14.9 Å². The zero-order valence-corrected chi connectivity index (χ0v) is 11.2. The normalized spacial score (nSPS) is 30.1. The molecule has 6 heteroatoms. The number of carbonyl (C=O) groups excluding carboxylic acids is 2. The van der Waals surface area contributed by atoms with E-state index in [1.54, 1.807) is 4.90 Å². The largest absolute Gasteiger partial charge is 0.479 e. The molecule has 19 heavy (non-hydrogen) atoms. The van der Waals surface area contributed by atoms with E-state index in [-0.39, 0.29) is 18.4 Å². The molecule has 0 spiro atoms. The number of carbonyl (C=O) groups is 3. The predicted octanol–water partition coefficient (Wildman–Crippen LogP) is 0.463. The number of fused-ring (bicyclic) bond motifs is 1. The highest BCUT2D eigenvalue weighted by Gasteiger charge is 2.60. The standard InChI is InChI=1S/C13H20N2O4/c1-2-6-14(9-16)13(12(18)19)8-11(17)15-7-4-3-5-10(13)15/h9-10H,2-8H2,1H3,(H,18,19). The Kier molecular flexibility index (Phi) is 3.78. The van der Waals surface area contributed by atoms with Gasteiger partial charge in [-0.2, -0.15) is 0 Å². The van der Waals surface area contributed by atoms with Crippen molar-refractivity contribution in [3.63, 3.8) is 0 Å². The number of nitrogens with zero attached hydrogens (tertiary/aromatic N) is 2. The van der Waals surface area contributed by atoms with Crippen LogP contribution < -0.4 is 0 Å². The molecule has 0 radical (unpaired) electrons. The first kappa shape index (κ1) is 13.8. The maximum atomic E-state index is 12.1. The number of rotatable bonds is 5. The van der Waals surface area contributed by atoms with Crippen molar-refractivity contribution >= 4 is 18.3 Å². The van der Waals surface area contributed by atoms with Gasteiger partial charge in [0.2, 0.25) is 12.3 Å². The van der Waals surface area contributed by atoms with Crippen LogP contribution in [0, 0.1) is 0 Å². The molecule has 2 unspecified atom stereocenters. The summed E-state index contributed by atoms with van der Waals surface area (Å²) in [6.45, 7) is 2.87. The summed E-state index contributed by atoms with van der Waals surface area (Å²) in [6, 6.07) is -0.372. The lowest BCUT2D eigenvalue weighted by molar-refractivity contribution is -0.158. The molecule has 106 valence electrons. The predicted molar refractivity (Wildman–Crippen MR) is 67.4 cm³/mol. The summed E-state index contributed by atoms with van der Waals surface area (Å²) in [6.07, 6.45) is 3.64. The Labute approximate surface area is 112 Å². The number of carboxylic acids is 1. The molecule has 0 bridgehead atoms. The lowest BCUT2D eigenvalue weighted by atomic mass is 9.84. The van der Waals surface area contributed by atoms with Gasteiger partial charge in [0, 0.05) is 13.1 Å². The van der Waals surface area contributed by atoms with E-state index >= 15 is 0 Å². The van der Waals surface area contributed by atoms with Gasteiger partial charge in [0.05, 0.1) is 12.5 Å². The minimum atomic E-state index is -1.37. The molecule has 2 aliphatic rings. The van der Waals surface area contributed by atoms with Gasteiger partial charge in [0.15, 0.2) is 5.54 Å². The van der Waals surface area contributed by atoms with Crippen LogP contribution >= 0.6 is 0 Å². The third kappa shape index (κ3) is 1.99. The van der Waals surface area contributed by atoms with E-state index < -0.39 is 11.5 Å². The Morgan fingerprint density at radius 1 is 1.58 bits per heavy atom. The van der Waals surface area contributed by atoms with E-state index in [0.29, 0.717) is 32.3 Å². The van der Waals surface area contributed by atoms with Gasteiger partial charge in [-0.05, 0) is 25.7 Å². The number of piperidine rings is 1. The van der Waals surface area contributed by atoms with Crippen LogP contribution in [0.3, 0.4) is 0 Å². The lowest BCUT2D eigenvalue weighted by Crippen LogP contribution is -2.62. The van der Waals surface area contributed by atoms with E-state index in [9.17, 15) is 19.5 Å². The maximum Gasteiger partial charge on any atom is 0.332 e. The molecule has 0 aromatic heterocycles. The molecule has 2 rings (SSSR count). The van der Waals surface area contributed by atoms with Crippen LogP contribution in [0.2, 0.25) is 0 Å². The first-order valence-electron chi connectivity index (χ1n) is 6.82. The third-order valence-electron chi connectivity index (χ3n) is 4.27. The lowest BCUT2D eigenvalue weighted by Gasteiger charge is -2.42.